The third-order valence-corrected chi connectivity index (χ3v) is 3.52. The van der Waals surface area contributed by atoms with Crippen LogP contribution in [-0.2, 0) is 10.0 Å². The molecule has 20 heavy (non-hydrogen) atoms. The number of hydrogen-bond donors (Lipinski definition) is 4. The first-order valence-corrected chi connectivity index (χ1v) is 6.87. The van der Waals surface area contributed by atoms with Gasteiger partial charge in [0.15, 0.2) is 0 Å². The molecule has 9 nitrogen and oxygen atoms in total. The zero-order valence-corrected chi connectivity index (χ0v) is 11.0. The van der Waals surface area contributed by atoms with Crippen molar-refractivity contribution in [3.8, 4) is 5.69 Å². The minimum absolute atomic E-state index is 0.0353. The SMILES string of the molecule is NNC(=O)c1cnn(-c2ccc(S(N)(=O)=O)cc2)c1N. The zero-order chi connectivity index (χ0) is 14.9. The number of primary sulfonamides is 1. The monoisotopic (exact) mass is 296 g/mol. The highest BCUT2D eigenvalue weighted by atomic mass is 32.2. The molecule has 1 heterocycles. The van der Waals surface area contributed by atoms with Crippen LogP contribution >= 0.6 is 0 Å². The Hall–Kier alpha value is -2.43. The largest absolute Gasteiger partial charge is 0.383 e. The van der Waals surface area contributed by atoms with Crippen molar-refractivity contribution in [2.24, 2.45) is 11.0 Å². The molecule has 1 amide bonds. The number of amides is 1. The number of nitrogens with zero attached hydrogens (tertiary/aromatic N) is 2. The first-order chi connectivity index (χ1) is 9.34. The molecule has 0 unspecified atom stereocenters. The molecule has 1 aromatic carbocycles. The van der Waals surface area contributed by atoms with Crippen molar-refractivity contribution in [1.82, 2.24) is 15.2 Å². The Morgan fingerprint density at radius 1 is 1.25 bits per heavy atom. The van der Waals surface area contributed by atoms with Crippen LogP contribution in [0.25, 0.3) is 5.69 Å². The third-order valence-electron chi connectivity index (χ3n) is 2.59. The molecule has 2 aromatic rings. The van der Waals surface area contributed by atoms with Gasteiger partial charge in [-0.1, -0.05) is 0 Å². The van der Waals surface area contributed by atoms with Gasteiger partial charge in [0, 0.05) is 0 Å². The molecule has 0 aliphatic carbocycles. The van der Waals surface area contributed by atoms with Crippen LogP contribution in [0.1, 0.15) is 10.4 Å². The Morgan fingerprint density at radius 2 is 1.85 bits per heavy atom. The van der Waals surface area contributed by atoms with Gasteiger partial charge in [0.2, 0.25) is 10.0 Å². The van der Waals surface area contributed by atoms with Crippen molar-refractivity contribution in [3.05, 3.63) is 36.0 Å². The Bertz CT molecular complexity index is 750. The number of nitrogens with two attached hydrogens (primary N) is 3. The molecule has 7 N–H and O–H groups in total. The highest BCUT2D eigenvalue weighted by molar-refractivity contribution is 7.89. The van der Waals surface area contributed by atoms with Gasteiger partial charge in [-0.3, -0.25) is 10.2 Å². The van der Waals surface area contributed by atoms with Crippen molar-refractivity contribution in [1.29, 1.82) is 0 Å². The van der Waals surface area contributed by atoms with E-state index >= 15 is 0 Å². The highest BCUT2D eigenvalue weighted by Crippen LogP contribution is 2.18. The lowest BCUT2D eigenvalue weighted by Crippen LogP contribution is -2.30. The van der Waals surface area contributed by atoms with Gasteiger partial charge in [-0.15, -0.1) is 0 Å². The molecule has 10 heteroatoms. The van der Waals surface area contributed by atoms with Crippen molar-refractivity contribution in [3.63, 3.8) is 0 Å². The van der Waals surface area contributed by atoms with Crippen molar-refractivity contribution >= 4 is 21.7 Å². The first kappa shape index (κ1) is 14.0. The second-order valence-corrected chi connectivity index (χ2v) is 5.43. The minimum atomic E-state index is -3.77. The number of sulfonamides is 1. The van der Waals surface area contributed by atoms with Crippen LogP contribution in [0.5, 0.6) is 0 Å². The van der Waals surface area contributed by atoms with Gasteiger partial charge in [0.25, 0.3) is 5.91 Å². The number of carbonyl (C=O) groups is 1. The summed E-state index contributed by atoms with van der Waals surface area (Å²) < 4.78 is 23.6. The van der Waals surface area contributed by atoms with E-state index in [-0.39, 0.29) is 16.3 Å². The van der Waals surface area contributed by atoms with Crippen LogP contribution in [0.15, 0.2) is 35.4 Å². The van der Waals surface area contributed by atoms with Crippen LogP contribution in [0.3, 0.4) is 0 Å². The maximum Gasteiger partial charge on any atom is 0.270 e. The molecule has 0 atom stereocenters. The van der Waals surface area contributed by atoms with E-state index in [9.17, 15) is 13.2 Å². The van der Waals surface area contributed by atoms with Crippen LogP contribution in [-0.4, -0.2) is 24.1 Å². The minimum Gasteiger partial charge on any atom is -0.383 e. The van der Waals surface area contributed by atoms with E-state index in [0.717, 1.165) is 0 Å². The third kappa shape index (κ3) is 2.47. The summed E-state index contributed by atoms with van der Waals surface area (Å²) in [6, 6.07) is 5.56. The lowest BCUT2D eigenvalue weighted by atomic mass is 10.3. The van der Waals surface area contributed by atoms with E-state index in [4.69, 9.17) is 16.7 Å². The second kappa shape index (κ2) is 4.92. The fourth-order valence-electron chi connectivity index (χ4n) is 1.59. The number of anilines is 1. The maximum atomic E-state index is 11.4. The fourth-order valence-corrected chi connectivity index (χ4v) is 2.11. The summed E-state index contributed by atoms with van der Waals surface area (Å²) in [4.78, 5) is 11.4. The van der Waals surface area contributed by atoms with Crippen LogP contribution < -0.4 is 22.1 Å². The first-order valence-electron chi connectivity index (χ1n) is 5.32. The van der Waals surface area contributed by atoms with Gasteiger partial charge in [0.05, 0.1) is 16.8 Å². The van der Waals surface area contributed by atoms with Crippen LogP contribution in [0, 0.1) is 0 Å². The molecule has 0 aliphatic heterocycles. The van der Waals surface area contributed by atoms with Gasteiger partial charge in [-0.2, -0.15) is 5.10 Å². The number of benzene rings is 1. The fraction of sp³-hybridized carbons (Fsp3) is 0. The predicted molar refractivity (Wildman–Crippen MR) is 71.0 cm³/mol. The number of hydrazine groups is 1. The Labute approximate surface area is 114 Å². The number of hydrogen-bond acceptors (Lipinski definition) is 6. The lowest BCUT2D eigenvalue weighted by molar-refractivity contribution is 0.0954. The number of nitrogen functional groups attached to an aromatic ring is 2. The topological polar surface area (TPSA) is 159 Å². The van der Waals surface area contributed by atoms with Crippen molar-refractivity contribution in [2.75, 3.05) is 5.73 Å². The van der Waals surface area contributed by atoms with E-state index in [1.54, 1.807) is 0 Å². The smallest absolute Gasteiger partial charge is 0.270 e. The quantitative estimate of drug-likeness (QED) is 0.313. The zero-order valence-electron chi connectivity index (χ0n) is 10.1. The Morgan fingerprint density at radius 3 is 2.35 bits per heavy atom. The van der Waals surface area contributed by atoms with E-state index in [1.807, 2.05) is 5.43 Å². The Balaban J connectivity index is 2.43. The molecular formula is C10H12N6O3S. The molecule has 0 fully saturated rings. The molecule has 0 spiro atoms. The maximum absolute atomic E-state index is 11.4. The lowest BCUT2D eigenvalue weighted by Gasteiger charge is -2.05. The summed E-state index contributed by atoms with van der Waals surface area (Å²) in [5, 5.41) is 8.94. The van der Waals surface area contributed by atoms with E-state index in [1.165, 1.54) is 35.1 Å². The van der Waals surface area contributed by atoms with E-state index in [0.29, 0.717) is 5.69 Å². The normalized spacial score (nSPS) is 11.3. The van der Waals surface area contributed by atoms with Gasteiger partial charge in [-0.05, 0) is 24.3 Å². The molecular weight excluding hydrogens is 284 g/mol. The second-order valence-electron chi connectivity index (χ2n) is 3.87. The number of nitrogens with one attached hydrogen (secondary N) is 1. The highest BCUT2D eigenvalue weighted by Gasteiger charge is 2.15. The molecule has 0 saturated carbocycles. The van der Waals surface area contributed by atoms with Gasteiger partial charge in [0.1, 0.15) is 11.4 Å². The standard InChI is InChI=1S/C10H12N6O3S/c11-9-8(10(17)15-12)5-14-16(9)6-1-3-7(4-2-6)20(13,18)19/h1-5H,11-12H2,(H,15,17)(H2,13,18,19). The average molecular weight is 296 g/mol. The summed E-state index contributed by atoms with van der Waals surface area (Å²) in [5.41, 5.74) is 8.32. The predicted octanol–water partition coefficient (Wildman–Crippen LogP) is -1.29. The molecule has 2 rings (SSSR count). The average Bonchev–Trinajstić information content (AvgIpc) is 2.79. The molecule has 0 bridgehead atoms. The van der Waals surface area contributed by atoms with Gasteiger partial charge in [-0.25, -0.2) is 24.1 Å². The number of aromatic nitrogens is 2. The number of rotatable bonds is 3. The summed E-state index contributed by atoms with van der Waals surface area (Å²) in [6.07, 6.45) is 1.26. The molecule has 0 saturated heterocycles. The molecule has 0 radical (unpaired) electrons. The van der Waals surface area contributed by atoms with E-state index in [2.05, 4.69) is 5.10 Å². The Kier molecular flexibility index (Phi) is 3.44. The van der Waals surface area contributed by atoms with Crippen LogP contribution in [0.4, 0.5) is 5.82 Å². The summed E-state index contributed by atoms with van der Waals surface area (Å²) in [6.45, 7) is 0. The summed E-state index contributed by atoms with van der Waals surface area (Å²) in [5.74, 6) is 4.52. The van der Waals surface area contributed by atoms with Crippen LogP contribution in [0.2, 0.25) is 0 Å². The van der Waals surface area contributed by atoms with Gasteiger partial charge < -0.3 is 5.73 Å². The summed E-state index contributed by atoms with van der Waals surface area (Å²) >= 11 is 0. The van der Waals surface area contributed by atoms with Gasteiger partial charge >= 0.3 is 0 Å². The van der Waals surface area contributed by atoms with Crippen molar-refractivity contribution in [2.45, 2.75) is 4.90 Å². The molecule has 1 aromatic heterocycles. The molecule has 106 valence electrons. The van der Waals surface area contributed by atoms with Crippen molar-refractivity contribution < 1.29 is 13.2 Å². The molecule has 0 aliphatic rings. The number of carbonyl (C=O) groups excluding carboxylic acids is 1. The van der Waals surface area contributed by atoms with E-state index < -0.39 is 15.9 Å². The summed E-state index contributed by atoms with van der Waals surface area (Å²) in [7, 11) is -3.77.